The average Bonchev–Trinajstić information content (AvgIpc) is 2.03. The van der Waals surface area contributed by atoms with Gasteiger partial charge in [-0.2, -0.15) is 4.39 Å². The largest absolute Gasteiger partial charge is 0.330 e. The number of halogens is 1. The van der Waals surface area contributed by atoms with Gasteiger partial charge >= 0.3 is 0 Å². The number of pyridine rings is 1. The second-order valence-electron chi connectivity index (χ2n) is 2.55. The molecule has 0 unspecified atom stereocenters. The highest BCUT2D eigenvalue weighted by molar-refractivity contribution is 5.15. The van der Waals surface area contributed by atoms with Crippen molar-refractivity contribution < 1.29 is 4.39 Å². The molecule has 0 spiro atoms. The van der Waals surface area contributed by atoms with Gasteiger partial charge in [0.05, 0.1) is 0 Å². The van der Waals surface area contributed by atoms with Gasteiger partial charge in [0.2, 0.25) is 5.95 Å². The van der Waals surface area contributed by atoms with Crippen molar-refractivity contribution >= 4 is 0 Å². The maximum Gasteiger partial charge on any atom is 0.213 e. The summed E-state index contributed by atoms with van der Waals surface area (Å²) >= 11 is 0. The maximum atomic E-state index is 12.5. The van der Waals surface area contributed by atoms with Gasteiger partial charge in [-0.25, -0.2) is 4.98 Å². The van der Waals surface area contributed by atoms with Crippen LogP contribution in [0.1, 0.15) is 18.4 Å². The normalized spacial score (nSPS) is 13.0. The summed E-state index contributed by atoms with van der Waals surface area (Å²) in [5.41, 5.74) is 6.31. The number of aromatic nitrogens is 1. The first-order valence-electron chi connectivity index (χ1n) is 3.55. The van der Waals surface area contributed by atoms with E-state index in [9.17, 15) is 4.39 Å². The molecule has 0 aromatic carbocycles. The smallest absolute Gasteiger partial charge is 0.213 e. The van der Waals surface area contributed by atoms with Crippen molar-refractivity contribution in [2.45, 2.75) is 12.8 Å². The van der Waals surface area contributed by atoms with Gasteiger partial charge in [0.25, 0.3) is 0 Å². The van der Waals surface area contributed by atoms with E-state index in [1.165, 1.54) is 12.3 Å². The average molecular weight is 154 g/mol. The number of nitrogens with two attached hydrogens (primary N) is 1. The van der Waals surface area contributed by atoms with E-state index in [0.29, 0.717) is 6.54 Å². The molecule has 11 heavy (non-hydrogen) atoms. The molecular formula is C8H11FN2. The van der Waals surface area contributed by atoms with Crippen LogP contribution in [0, 0.1) is 5.95 Å². The van der Waals surface area contributed by atoms with Crippen LogP contribution in [0.5, 0.6) is 0 Å². The second kappa shape index (κ2) is 3.44. The Labute approximate surface area is 65.3 Å². The van der Waals surface area contributed by atoms with Crippen LogP contribution in [0.2, 0.25) is 0 Å². The highest BCUT2D eigenvalue weighted by atomic mass is 19.1. The second-order valence-corrected chi connectivity index (χ2v) is 2.55. The molecule has 0 amide bonds. The quantitative estimate of drug-likeness (QED) is 0.652. The zero-order chi connectivity index (χ0) is 8.27. The molecule has 1 aromatic rings. The molecule has 1 atom stereocenters. The number of hydrogen-bond donors (Lipinski definition) is 1. The van der Waals surface area contributed by atoms with Gasteiger partial charge in [-0.05, 0) is 30.2 Å². The van der Waals surface area contributed by atoms with Crippen LogP contribution in [0.4, 0.5) is 4.39 Å². The van der Waals surface area contributed by atoms with Gasteiger partial charge in [-0.3, -0.25) is 0 Å². The summed E-state index contributed by atoms with van der Waals surface area (Å²) in [6, 6.07) is 3.19. The van der Waals surface area contributed by atoms with Crippen molar-refractivity contribution in [1.82, 2.24) is 4.98 Å². The molecule has 2 N–H and O–H groups in total. The Morgan fingerprint density at radius 3 is 3.00 bits per heavy atom. The van der Waals surface area contributed by atoms with Crippen LogP contribution in [0.15, 0.2) is 18.3 Å². The fourth-order valence-corrected chi connectivity index (χ4v) is 0.860. The van der Waals surface area contributed by atoms with Gasteiger partial charge < -0.3 is 5.73 Å². The third-order valence-corrected chi connectivity index (χ3v) is 1.67. The molecule has 0 aliphatic heterocycles. The van der Waals surface area contributed by atoms with Gasteiger partial charge in [-0.15, -0.1) is 0 Å². The Balaban J connectivity index is 2.86. The van der Waals surface area contributed by atoms with Gasteiger partial charge in [-0.1, -0.05) is 6.92 Å². The molecule has 1 heterocycles. The van der Waals surface area contributed by atoms with E-state index in [-0.39, 0.29) is 5.92 Å². The lowest BCUT2D eigenvalue weighted by Gasteiger charge is -2.06. The van der Waals surface area contributed by atoms with E-state index in [1.54, 1.807) is 6.07 Å². The molecule has 2 nitrogen and oxygen atoms in total. The molecule has 3 heteroatoms. The Bertz CT molecular complexity index is 237. The summed E-state index contributed by atoms with van der Waals surface area (Å²) in [6.07, 6.45) is 1.46. The summed E-state index contributed by atoms with van der Waals surface area (Å²) in [5, 5.41) is 0. The fraction of sp³-hybridized carbons (Fsp3) is 0.375. The first-order valence-corrected chi connectivity index (χ1v) is 3.55. The maximum absolute atomic E-state index is 12.5. The van der Waals surface area contributed by atoms with Gasteiger partial charge in [0.15, 0.2) is 0 Å². The van der Waals surface area contributed by atoms with Crippen LogP contribution in [0.25, 0.3) is 0 Å². The summed E-state index contributed by atoms with van der Waals surface area (Å²) in [7, 11) is 0. The predicted octanol–water partition coefficient (Wildman–Crippen LogP) is 1.28. The Hall–Kier alpha value is -0.960. The highest BCUT2D eigenvalue weighted by Gasteiger charge is 2.03. The molecule has 0 fully saturated rings. The van der Waals surface area contributed by atoms with Crippen LogP contribution in [0.3, 0.4) is 0 Å². The zero-order valence-electron chi connectivity index (χ0n) is 6.42. The van der Waals surface area contributed by atoms with Gasteiger partial charge in [0, 0.05) is 6.20 Å². The molecule has 0 aliphatic rings. The first kappa shape index (κ1) is 8.14. The lowest BCUT2D eigenvalue weighted by Crippen LogP contribution is -2.09. The first-order chi connectivity index (χ1) is 5.24. The topological polar surface area (TPSA) is 38.9 Å². The molecule has 0 bridgehead atoms. The van der Waals surface area contributed by atoms with E-state index in [2.05, 4.69) is 4.98 Å². The summed E-state index contributed by atoms with van der Waals surface area (Å²) < 4.78 is 12.5. The van der Waals surface area contributed by atoms with Gasteiger partial charge in [0.1, 0.15) is 0 Å². The third-order valence-electron chi connectivity index (χ3n) is 1.67. The van der Waals surface area contributed by atoms with Crippen molar-refractivity contribution in [3.8, 4) is 0 Å². The van der Waals surface area contributed by atoms with E-state index in [1.807, 2.05) is 6.92 Å². The van der Waals surface area contributed by atoms with E-state index in [4.69, 9.17) is 5.73 Å². The van der Waals surface area contributed by atoms with Crippen molar-refractivity contribution in [3.05, 3.63) is 29.8 Å². The van der Waals surface area contributed by atoms with Crippen LogP contribution >= 0.6 is 0 Å². The highest BCUT2D eigenvalue weighted by Crippen LogP contribution is 2.12. The molecule has 1 aromatic heterocycles. The Morgan fingerprint density at radius 2 is 2.45 bits per heavy atom. The van der Waals surface area contributed by atoms with Crippen molar-refractivity contribution in [1.29, 1.82) is 0 Å². The molecular weight excluding hydrogens is 143 g/mol. The minimum absolute atomic E-state index is 0.201. The van der Waals surface area contributed by atoms with Crippen molar-refractivity contribution in [3.63, 3.8) is 0 Å². The number of hydrogen-bond acceptors (Lipinski definition) is 2. The zero-order valence-corrected chi connectivity index (χ0v) is 6.42. The monoisotopic (exact) mass is 154 g/mol. The third kappa shape index (κ3) is 1.98. The van der Waals surface area contributed by atoms with E-state index in [0.717, 1.165) is 5.56 Å². The van der Waals surface area contributed by atoms with Crippen LogP contribution in [-0.4, -0.2) is 11.5 Å². The Kier molecular flexibility index (Phi) is 2.54. The van der Waals surface area contributed by atoms with Crippen LogP contribution < -0.4 is 5.73 Å². The lowest BCUT2D eigenvalue weighted by molar-refractivity contribution is 0.578. The molecule has 0 saturated carbocycles. The minimum Gasteiger partial charge on any atom is -0.330 e. The standard InChI is InChI=1S/C8H11FN2/c1-6(5-10)7-2-3-11-8(9)4-7/h2-4,6H,5,10H2,1H3/t6-/m1/s1. The summed E-state index contributed by atoms with van der Waals surface area (Å²) in [4.78, 5) is 3.45. The SMILES string of the molecule is C[C@H](CN)c1ccnc(F)c1. The number of rotatable bonds is 2. The molecule has 1 rings (SSSR count). The van der Waals surface area contributed by atoms with E-state index < -0.39 is 5.95 Å². The lowest BCUT2D eigenvalue weighted by atomic mass is 10.0. The Morgan fingerprint density at radius 1 is 1.73 bits per heavy atom. The molecule has 0 radical (unpaired) electrons. The van der Waals surface area contributed by atoms with Crippen molar-refractivity contribution in [2.75, 3.05) is 6.54 Å². The molecule has 60 valence electrons. The fourth-order valence-electron chi connectivity index (χ4n) is 0.860. The minimum atomic E-state index is -0.442. The van der Waals surface area contributed by atoms with Crippen LogP contribution in [-0.2, 0) is 0 Å². The predicted molar refractivity (Wildman–Crippen MR) is 41.7 cm³/mol. The molecule has 0 saturated heterocycles. The van der Waals surface area contributed by atoms with Crippen molar-refractivity contribution in [2.24, 2.45) is 5.73 Å². The molecule has 0 aliphatic carbocycles. The number of nitrogens with zero attached hydrogens (tertiary/aromatic N) is 1. The summed E-state index contributed by atoms with van der Waals surface area (Å²) in [5.74, 6) is -0.240. The van der Waals surface area contributed by atoms with E-state index >= 15 is 0 Å². The summed E-state index contributed by atoms with van der Waals surface area (Å²) in [6.45, 7) is 2.48.